The van der Waals surface area contributed by atoms with Gasteiger partial charge in [0.1, 0.15) is 23.7 Å². The van der Waals surface area contributed by atoms with Crippen LogP contribution in [-0.4, -0.2) is 74.0 Å². The molecule has 2 aromatic carbocycles. The van der Waals surface area contributed by atoms with Crippen LogP contribution in [-0.2, 0) is 11.2 Å². The summed E-state index contributed by atoms with van der Waals surface area (Å²) >= 11 is 0. The molecule has 2 aliphatic rings. The van der Waals surface area contributed by atoms with E-state index in [0.717, 1.165) is 51.2 Å². The highest BCUT2D eigenvalue weighted by Crippen LogP contribution is 2.31. The number of ether oxygens (including phenoxy) is 2. The van der Waals surface area contributed by atoms with E-state index in [1.54, 1.807) is 18.2 Å². The first-order valence-electron chi connectivity index (χ1n) is 16.1. The van der Waals surface area contributed by atoms with Crippen molar-refractivity contribution in [1.29, 1.82) is 0 Å². The van der Waals surface area contributed by atoms with Gasteiger partial charge in [-0.1, -0.05) is 26.2 Å². The molecular formula is C35H46N2O5. The maximum Gasteiger partial charge on any atom is 0.338 e. The molecule has 0 amide bonds. The number of nitrogens with zero attached hydrogens (tertiary/aromatic N) is 2. The van der Waals surface area contributed by atoms with Crippen LogP contribution in [0.15, 0.2) is 46.9 Å². The minimum atomic E-state index is -0.370. The molecule has 226 valence electrons. The Bertz CT molecular complexity index is 1300. The number of aryl methyl sites for hydroxylation is 1. The van der Waals surface area contributed by atoms with Crippen molar-refractivity contribution in [1.82, 2.24) is 9.80 Å². The van der Waals surface area contributed by atoms with E-state index >= 15 is 0 Å². The van der Waals surface area contributed by atoms with Gasteiger partial charge in [0.25, 0.3) is 0 Å². The van der Waals surface area contributed by atoms with Crippen molar-refractivity contribution in [3.05, 3.63) is 64.9 Å². The van der Waals surface area contributed by atoms with Gasteiger partial charge in [-0.25, -0.2) is 4.79 Å². The Morgan fingerprint density at radius 3 is 2.14 bits per heavy atom. The van der Waals surface area contributed by atoms with Gasteiger partial charge in [0.15, 0.2) is 5.78 Å². The number of piperidine rings is 2. The van der Waals surface area contributed by atoms with Gasteiger partial charge in [-0.05, 0) is 107 Å². The number of esters is 1. The summed E-state index contributed by atoms with van der Waals surface area (Å²) in [6, 6.07) is 12.6. The lowest BCUT2D eigenvalue weighted by Gasteiger charge is -2.26. The predicted molar refractivity (Wildman–Crippen MR) is 166 cm³/mol. The van der Waals surface area contributed by atoms with Crippen molar-refractivity contribution in [2.24, 2.45) is 0 Å². The molecule has 7 heteroatoms. The molecule has 1 aromatic heterocycles. The van der Waals surface area contributed by atoms with E-state index in [0.29, 0.717) is 53.1 Å². The van der Waals surface area contributed by atoms with Crippen LogP contribution in [0.5, 0.6) is 5.75 Å². The number of likely N-dealkylation sites (tertiary alicyclic amines) is 2. The molecule has 7 nitrogen and oxygen atoms in total. The zero-order valence-corrected chi connectivity index (χ0v) is 25.2. The summed E-state index contributed by atoms with van der Waals surface area (Å²) in [5.74, 6) is 0.964. The molecule has 0 saturated carbocycles. The van der Waals surface area contributed by atoms with Gasteiger partial charge in [0.2, 0.25) is 0 Å². The average molecular weight is 575 g/mol. The lowest BCUT2D eigenvalue weighted by Crippen LogP contribution is -2.33. The van der Waals surface area contributed by atoms with Gasteiger partial charge < -0.3 is 18.8 Å². The zero-order chi connectivity index (χ0) is 29.1. The molecule has 0 N–H and O–H groups in total. The van der Waals surface area contributed by atoms with E-state index in [9.17, 15) is 9.59 Å². The molecule has 0 aliphatic carbocycles. The molecule has 0 bridgehead atoms. The lowest BCUT2D eigenvalue weighted by atomic mass is 9.97. The van der Waals surface area contributed by atoms with Gasteiger partial charge in [-0.3, -0.25) is 9.69 Å². The van der Waals surface area contributed by atoms with Gasteiger partial charge in [-0.15, -0.1) is 0 Å². The molecule has 5 rings (SSSR count). The van der Waals surface area contributed by atoms with Crippen LogP contribution < -0.4 is 4.74 Å². The number of rotatable bonds is 14. The minimum Gasteiger partial charge on any atom is -0.494 e. The summed E-state index contributed by atoms with van der Waals surface area (Å²) in [4.78, 5) is 31.6. The van der Waals surface area contributed by atoms with Crippen LogP contribution in [0.3, 0.4) is 0 Å². The molecule has 0 spiro atoms. The van der Waals surface area contributed by atoms with Crippen LogP contribution in [0.2, 0.25) is 0 Å². The first-order chi connectivity index (χ1) is 20.6. The van der Waals surface area contributed by atoms with E-state index in [1.165, 1.54) is 51.6 Å². The Balaban J connectivity index is 1.25. The second kappa shape index (κ2) is 15.4. The van der Waals surface area contributed by atoms with Crippen molar-refractivity contribution < 1.29 is 23.5 Å². The number of hydrogen-bond acceptors (Lipinski definition) is 7. The van der Waals surface area contributed by atoms with Crippen molar-refractivity contribution in [3.63, 3.8) is 0 Å². The summed E-state index contributed by atoms with van der Waals surface area (Å²) < 4.78 is 17.8. The topological polar surface area (TPSA) is 72.2 Å². The largest absolute Gasteiger partial charge is 0.494 e. The van der Waals surface area contributed by atoms with Gasteiger partial charge in [0.05, 0.1) is 17.7 Å². The van der Waals surface area contributed by atoms with E-state index in [1.807, 2.05) is 24.3 Å². The van der Waals surface area contributed by atoms with Gasteiger partial charge >= 0.3 is 5.97 Å². The molecule has 2 saturated heterocycles. The molecule has 0 unspecified atom stereocenters. The highest BCUT2D eigenvalue weighted by Gasteiger charge is 2.23. The molecular weight excluding hydrogens is 528 g/mol. The van der Waals surface area contributed by atoms with Gasteiger partial charge in [0, 0.05) is 30.5 Å². The second-order valence-electron chi connectivity index (χ2n) is 11.7. The van der Waals surface area contributed by atoms with E-state index in [-0.39, 0.29) is 11.8 Å². The maximum atomic E-state index is 13.9. The fourth-order valence-corrected chi connectivity index (χ4v) is 6.08. The number of fused-ring (bicyclic) bond motifs is 1. The summed E-state index contributed by atoms with van der Waals surface area (Å²) in [5, 5.41) is 0.662. The number of benzene rings is 2. The molecule has 42 heavy (non-hydrogen) atoms. The molecule has 0 radical (unpaired) electrons. The van der Waals surface area contributed by atoms with Crippen molar-refractivity contribution in [3.8, 4) is 5.75 Å². The fraction of sp³-hybridized carbons (Fsp3) is 0.543. The van der Waals surface area contributed by atoms with E-state index in [2.05, 4.69) is 16.7 Å². The van der Waals surface area contributed by atoms with E-state index < -0.39 is 0 Å². The number of ketones is 1. The standard InChI is InChI=1S/C35H46N2O5/c1-2-3-11-32-33(34(38)27-12-15-29(16-13-27)40-24-10-22-36-18-6-4-7-19-36)30-26-28(14-17-31(30)42-32)35(39)41-25-23-37-20-8-5-9-21-37/h12-17,26H,2-11,18-25H2,1H3. The SMILES string of the molecule is CCCCc1oc2ccc(C(=O)OCCN3CCCCC3)cc2c1C(=O)c1ccc(OCCCN2CCCCC2)cc1. The number of hydrogen-bond donors (Lipinski definition) is 0. The quantitative estimate of drug-likeness (QED) is 0.118. The second-order valence-corrected chi connectivity index (χ2v) is 11.7. The summed E-state index contributed by atoms with van der Waals surface area (Å²) in [7, 11) is 0. The Hall–Kier alpha value is -3.16. The average Bonchev–Trinajstić information content (AvgIpc) is 3.40. The van der Waals surface area contributed by atoms with Crippen LogP contribution in [0.25, 0.3) is 11.0 Å². The van der Waals surface area contributed by atoms with E-state index in [4.69, 9.17) is 13.9 Å². The highest BCUT2D eigenvalue weighted by molar-refractivity contribution is 6.17. The van der Waals surface area contributed by atoms with Crippen molar-refractivity contribution in [2.75, 3.05) is 52.5 Å². The molecule has 2 aliphatic heterocycles. The molecule has 3 heterocycles. The summed E-state index contributed by atoms with van der Waals surface area (Å²) in [6.45, 7) is 9.49. The van der Waals surface area contributed by atoms with Gasteiger partial charge in [-0.2, -0.15) is 0 Å². The van der Waals surface area contributed by atoms with Crippen molar-refractivity contribution >= 4 is 22.7 Å². The fourth-order valence-electron chi connectivity index (χ4n) is 6.08. The minimum absolute atomic E-state index is 0.105. The van der Waals surface area contributed by atoms with Crippen LogP contribution in [0.1, 0.15) is 96.8 Å². The highest BCUT2D eigenvalue weighted by atomic mass is 16.5. The summed E-state index contributed by atoms with van der Waals surface area (Å²) in [6.07, 6.45) is 11.2. The summed E-state index contributed by atoms with van der Waals surface area (Å²) in [5.41, 5.74) is 2.16. The monoisotopic (exact) mass is 574 g/mol. The molecule has 3 aromatic rings. The third-order valence-corrected chi connectivity index (χ3v) is 8.52. The third kappa shape index (κ3) is 8.01. The van der Waals surface area contributed by atoms with Crippen LogP contribution in [0.4, 0.5) is 0 Å². The van der Waals surface area contributed by atoms with Crippen LogP contribution >= 0.6 is 0 Å². The Morgan fingerprint density at radius 1 is 0.786 bits per heavy atom. The number of carbonyl (C=O) groups is 2. The lowest BCUT2D eigenvalue weighted by molar-refractivity contribution is 0.0452. The van der Waals surface area contributed by atoms with Crippen molar-refractivity contribution in [2.45, 2.75) is 71.1 Å². The third-order valence-electron chi connectivity index (χ3n) is 8.52. The number of carbonyl (C=O) groups excluding carboxylic acids is 2. The predicted octanol–water partition coefficient (Wildman–Crippen LogP) is 6.90. The zero-order valence-electron chi connectivity index (χ0n) is 25.2. The first-order valence-corrected chi connectivity index (χ1v) is 16.1. The number of furan rings is 1. The first kappa shape index (κ1) is 30.3. The van der Waals surface area contributed by atoms with Crippen LogP contribution in [0, 0.1) is 0 Å². The number of unbranched alkanes of at least 4 members (excludes halogenated alkanes) is 1. The molecule has 0 atom stereocenters. The molecule has 2 fully saturated rings. The Labute approximate surface area is 250 Å². The smallest absolute Gasteiger partial charge is 0.338 e. The normalized spacial score (nSPS) is 16.5. The maximum absolute atomic E-state index is 13.9. The Kier molecular flexibility index (Phi) is 11.1. The Morgan fingerprint density at radius 2 is 1.45 bits per heavy atom.